The van der Waals surface area contributed by atoms with Gasteiger partial charge in [0.2, 0.25) is 0 Å². The Kier molecular flexibility index (Phi) is 5.80. The van der Waals surface area contributed by atoms with Crippen LogP contribution in [0.3, 0.4) is 0 Å². The molecule has 4 heteroatoms. The highest BCUT2D eigenvalue weighted by molar-refractivity contribution is 5.85. The van der Waals surface area contributed by atoms with Crippen LogP contribution in [0.1, 0.15) is 120 Å². The van der Waals surface area contributed by atoms with E-state index in [1.807, 2.05) is 13.8 Å². The van der Waals surface area contributed by atoms with E-state index in [0.29, 0.717) is 30.0 Å². The molecule has 10 atom stereocenters. The van der Waals surface area contributed by atoms with E-state index in [-0.39, 0.29) is 51.0 Å². The van der Waals surface area contributed by atoms with Gasteiger partial charge in [-0.25, -0.2) is 0 Å². The van der Waals surface area contributed by atoms with Crippen LogP contribution in [-0.2, 0) is 14.3 Å². The zero-order chi connectivity index (χ0) is 26.7. The van der Waals surface area contributed by atoms with E-state index < -0.39 is 5.60 Å². The number of hydrogen-bond donors (Lipinski definition) is 1. The van der Waals surface area contributed by atoms with Gasteiger partial charge in [-0.2, -0.15) is 0 Å². The fourth-order valence-electron chi connectivity index (χ4n) is 11.9. The van der Waals surface area contributed by atoms with Crippen LogP contribution in [0.25, 0.3) is 0 Å². The van der Waals surface area contributed by atoms with E-state index in [2.05, 4.69) is 41.5 Å². The van der Waals surface area contributed by atoms with Gasteiger partial charge in [-0.1, -0.05) is 41.5 Å². The third kappa shape index (κ3) is 3.34. The second-order valence-electron chi connectivity index (χ2n) is 16.0. The first-order valence-corrected chi connectivity index (χ1v) is 14.8. The number of carbonyl (C=O) groups excluding carboxylic acids is 2. The molecule has 0 saturated heterocycles. The van der Waals surface area contributed by atoms with E-state index in [9.17, 15) is 14.7 Å². The zero-order valence-electron chi connectivity index (χ0n) is 24.5. The number of rotatable bonds is 2. The van der Waals surface area contributed by atoms with E-state index in [1.165, 1.54) is 19.3 Å². The highest BCUT2D eigenvalue weighted by Crippen LogP contribution is 2.77. The van der Waals surface area contributed by atoms with Crippen molar-refractivity contribution < 1.29 is 19.4 Å². The van der Waals surface area contributed by atoms with E-state index in [0.717, 1.165) is 32.1 Å². The number of ether oxygens (including phenoxy) is 1. The van der Waals surface area contributed by atoms with Crippen molar-refractivity contribution in [3.63, 3.8) is 0 Å². The number of Topliss-reactive ketones (excluding diaryl/α,β-unsaturated/α-hetero) is 1. The monoisotopic (exact) mass is 500 g/mol. The van der Waals surface area contributed by atoms with Crippen molar-refractivity contribution in [2.24, 2.45) is 56.7 Å². The first kappa shape index (κ1) is 26.7. The van der Waals surface area contributed by atoms with Gasteiger partial charge >= 0.3 is 5.97 Å². The van der Waals surface area contributed by atoms with Gasteiger partial charge in [0.25, 0.3) is 0 Å². The Morgan fingerprint density at radius 2 is 1.61 bits per heavy atom. The summed E-state index contributed by atoms with van der Waals surface area (Å²) in [5.74, 6) is 1.97. The van der Waals surface area contributed by atoms with Gasteiger partial charge in [0.1, 0.15) is 11.9 Å². The van der Waals surface area contributed by atoms with Gasteiger partial charge in [-0.05, 0) is 111 Å². The molecular weight excluding hydrogens is 448 g/mol. The van der Waals surface area contributed by atoms with Gasteiger partial charge in [0.15, 0.2) is 0 Å². The van der Waals surface area contributed by atoms with Crippen LogP contribution in [0.5, 0.6) is 0 Å². The van der Waals surface area contributed by atoms with E-state index >= 15 is 0 Å². The van der Waals surface area contributed by atoms with Crippen molar-refractivity contribution in [1.29, 1.82) is 0 Å². The third-order valence-electron chi connectivity index (χ3n) is 13.7. The maximum absolute atomic E-state index is 13.1. The minimum atomic E-state index is -0.702. The Bertz CT molecular complexity index is 946. The summed E-state index contributed by atoms with van der Waals surface area (Å²) in [6, 6.07) is 0. The molecule has 5 saturated carbocycles. The molecule has 0 radical (unpaired) electrons. The molecule has 5 rings (SSSR count). The van der Waals surface area contributed by atoms with Crippen molar-refractivity contribution in [1.82, 2.24) is 0 Å². The predicted molar refractivity (Wildman–Crippen MR) is 142 cm³/mol. The molecule has 0 aromatic rings. The minimum absolute atomic E-state index is 0.0232. The fourth-order valence-corrected chi connectivity index (χ4v) is 11.9. The van der Waals surface area contributed by atoms with Gasteiger partial charge in [0, 0.05) is 24.7 Å². The van der Waals surface area contributed by atoms with Crippen LogP contribution in [0.2, 0.25) is 0 Å². The molecule has 5 aliphatic carbocycles. The van der Waals surface area contributed by atoms with Crippen LogP contribution in [-0.4, -0.2) is 28.6 Å². The van der Waals surface area contributed by atoms with Crippen LogP contribution in [0.4, 0.5) is 0 Å². The topological polar surface area (TPSA) is 63.6 Å². The lowest BCUT2D eigenvalue weighted by Crippen LogP contribution is -2.70. The molecule has 0 bridgehead atoms. The first-order chi connectivity index (χ1) is 16.4. The molecule has 0 aromatic carbocycles. The summed E-state index contributed by atoms with van der Waals surface area (Å²) < 4.78 is 6.35. The summed E-state index contributed by atoms with van der Waals surface area (Å²) >= 11 is 0. The molecule has 5 aliphatic rings. The second-order valence-corrected chi connectivity index (χ2v) is 16.0. The minimum Gasteiger partial charge on any atom is -0.462 e. The lowest BCUT2D eigenvalue weighted by molar-refractivity contribution is -0.271. The normalized spacial score (nSPS) is 52.0. The average Bonchev–Trinajstić information content (AvgIpc) is 3.10. The molecule has 1 N–H and O–H groups in total. The van der Waals surface area contributed by atoms with Crippen molar-refractivity contribution in [2.45, 2.75) is 132 Å². The molecule has 4 nitrogen and oxygen atoms in total. The van der Waals surface area contributed by atoms with Crippen molar-refractivity contribution in [3.05, 3.63) is 0 Å². The van der Waals surface area contributed by atoms with Crippen LogP contribution >= 0.6 is 0 Å². The molecule has 0 heterocycles. The van der Waals surface area contributed by atoms with Gasteiger partial charge in [0.05, 0.1) is 5.60 Å². The predicted octanol–water partition coefficient (Wildman–Crippen LogP) is 6.97. The molecule has 0 aromatic heterocycles. The summed E-state index contributed by atoms with van der Waals surface area (Å²) in [5, 5.41) is 11.3. The molecule has 0 amide bonds. The van der Waals surface area contributed by atoms with Gasteiger partial charge < -0.3 is 9.84 Å². The number of ketones is 1. The Balaban J connectivity index is 1.64. The average molecular weight is 501 g/mol. The van der Waals surface area contributed by atoms with Crippen molar-refractivity contribution >= 4 is 11.8 Å². The fraction of sp³-hybridized carbons (Fsp3) is 0.938. The maximum atomic E-state index is 13.1. The second kappa shape index (κ2) is 7.82. The third-order valence-corrected chi connectivity index (χ3v) is 13.7. The molecular formula is C32H52O4. The number of carbonyl (C=O) groups is 2. The van der Waals surface area contributed by atoms with E-state index in [1.54, 1.807) is 6.92 Å². The molecule has 10 unspecified atom stereocenters. The zero-order valence-corrected chi connectivity index (χ0v) is 24.5. The number of esters is 1. The quantitative estimate of drug-likeness (QED) is 0.416. The van der Waals surface area contributed by atoms with Crippen LogP contribution in [0, 0.1) is 56.7 Å². The summed E-state index contributed by atoms with van der Waals surface area (Å²) in [6.07, 6.45) is 9.22. The summed E-state index contributed by atoms with van der Waals surface area (Å²) in [4.78, 5) is 25.7. The number of fused-ring (bicyclic) bond motifs is 7. The molecule has 36 heavy (non-hydrogen) atoms. The highest BCUT2D eigenvalue weighted by atomic mass is 16.5. The van der Waals surface area contributed by atoms with Crippen LogP contribution in [0.15, 0.2) is 0 Å². The molecule has 0 spiro atoms. The summed E-state index contributed by atoms with van der Waals surface area (Å²) in [7, 11) is 0. The first-order valence-electron chi connectivity index (χ1n) is 14.8. The number of hydrogen-bond acceptors (Lipinski definition) is 4. The van der Waals surface area contributed by atoms with Crippen LogP contribution < -0.4 is 0 Å². The number of aliphatic hydroxyl groups is 1. The van der Waals surface area contributed by atoms with Crippen molar-refractivity contribution in [2.75, 3.05) is 0 Å². The van der Waals surface area contributed by atoms with Gasteiger partial charge in [-0.15, -0.1) is 0 Å². The van der Waals surface area contributed by atoms with Crippen molar-refractivity contribution in [3.8, 4) is 0 Å². The van der Waals surface area contributed by atoms with Gasteiger partial charge in [-0.3, -0.25) is 9.59 Å². The Morgan fingerprint density at radius 1 is 0.944 bits per heavy atom. The lowest BCUT2D eigenvalue weighted by Gasteiger charge is -2.73. The van der Waals surface area contributed by atoms with E-state index in [4.69, 9.17) is 4.74 Å². The molecule has 5 fully saturated rings. The summed E-state index contributed by atoms with van der Waals surface area (Å²) in [5.41, 5.74) is -0.635. The Hall–Kier alpha value is -0.900. The smallest absolute Gasteiger partial charge is 0.302 e. The molecule has 0 aliphatic heterocycles. The standard InChI is InChI=1S/C32H52O4/c1-19(33)36-22-18-21-25-20(28(4,5)35)10-13-29(25,6)16-17-31(21,8)32(9)15-11-23-27(2,3)24(34)12-14-30(23,7)26(22)32/h20-23,25-26,35H,10-18H2,1-9H3. The highest BCUT2D eigenvalue weighted by Gasteiger charge is 2.73. The summed E-state index contributed by atoms with van der Waals surface area (Å²) in [6.45, 7) is 20.0. The molecule has 204 valence electrons. The Morgan fingerprint density at radius 3 is 2.22 bits per heavy atom. The Labute approximate surface area is 219 Å². The SMILES string of the molecule is CC(=O)OC1CC2C3C(C(C)(C)O)CCC3(C)CCC2(C)C2(C)CCC3C(C)(C)C(=O)CCC3(C)C12. The maximum Gasteiger partial charge on any atom is 0.302 e. The largest absolute Gasteiger partial charge is 0.462 e. The lowest BCUT2D eigenvalue weighted by atomic mass is 9.31.